The fourth-order valence-corrected chi connectivity index (χ4v) is 8.52. The fraction of sp³-hybridized carbons (Fsp3) is 0.733. The van der Waals surface area contributed by atoms with Crippen molar-refractivity contribution in [3.05, 3.63) is 41.0 Å². The van der Waals surface area contributed by atoms with Gasteiger partial charge >= 0.3 is 0 Å². The first-order valence-corrected chi connectivity index (χ1v) is 13.9. The zero-order chi connectivity index (χ0) is 24.6. The maximum atomic E-state index is 12.1. The van der Waals surface area contributed by atoms with E-state index in [1.165, 1.54) is 22.4 Å². The van der Waals surface area contributed by atoms with Crippen molar-refractivity contribution in [3.8, 4) is 0 Å². The number of rotatable bonds is 3. The molecule has 192 valence electrons. The summed E-state index contributed by atoms with van der Waals surface area (Å²) in [6, 6.07) is 9.55. The lowest BCUT2D eigenvalue weighted by Crippen LogP contribution is -2.53. The Morgan fingerprint density at radius 2 is 1.74 bits per heavy atom. The molecule has 1 aliphatic heterocycles. The molecule has 0 aromatic heterocycles. The third-order valence-corrected chi connectivity index (χ3v) is 10.7. The van der Waals surface area contributed by atoms with Gasteiger partial charge in [0.1, 0.15) is 0 Å². The lowest BCUT2D eigenvalue weighted by Gasteiger charge is -2.56. The molecule has 2 N–H and O–H groups in total. The maximum absolute atomic E-state index is 12.1. The van der Waals surface area contributed by atoms with Crippen LogP contribution in [-0.4, -0.2) is 54.0 Å². The number of hydrogen-bond donors (Lipinski definition) is 2. The second kappa shape index (κ2) is 8.31. The fourth-order valence-electron chi connectivity index (χ4n) is 8.52. The molecule has 5 aliphatic rings. The predicted octanol–water partition coefficient (Wildman–Crippen LogP) is 5.16. The van der Waals surface area contributed by atoms with Gasteiger partial charge in [0.25, 0.3) is 0 Å². The molecule has 1 spiro atoms. The predicted molar refractivity (Wildman–Crippen MR) is 137 cm³/mol. The van der Waals surface area contributed by atoms with Crippen molar-refractivity contribution in [1.82, 2.24) is 0 Å². The topological polar surface area (TPSA) is 62.2 Å². The van der Waals surface area contributed by atoms with Crippen LogP contribution in [0.4, 0.5) is 5.69 Å². The molecule has 5 nitrogen and oxygen atoms in total. The highest BCUT2D eigenvalue weighted by atomic mass is 16.7. The first-order chi connectivity index (χ1) is 16.7. The molecule has 6 rings (SSSR count). The van der Waals surface area contributed by atoms with Crippen molar-refractivity contribution in [2.75, 3.05) is 25.2 Å². The van der Waals surface area contributed by atoms with E-state index in [-0.39, 0.29) is 17.4 Å². The standard InChI is InChI=1S/C30H43NO4/c1-19(2)31(4)21-7-5-20(6-8-21)23-17-28(3)24(9-10-26(28)32)22-11-13-29(33)18-30(34-15-16-35-30)14-12-25(29)27(22)23/h5-8,19,22-24,26,32-33H,9-18H2,1-4H3/t22-,23+,24-,26-,28-,29+/m0/s1. The summed E-state index contributed by atoms with van der Waals surface area (Å²) in [4.78, 5) is 2.30. The Kier molecular flexibility index (Phi) is 5.69. The maximum Gasteiger partial charge on any atom is 0.171 e. The third-order valence-electron chi connectivity index (χ3n) is 10.7. The summed E-state index contributed by atoms with van der Waals surface area (Å²) in [5, 5.41) is 23.2. The van der Waals surface area contributed by atoms with Crippen LogP contribution < -0.4 is 4.90 Å². The Bertz CT molecular complexity index is 996. The van der Waals surface area contributed by atoms with Crippen LogP contribution in [0.5, 0.6) is 0 Å². The molecule has 4 aliphatic carbocycles. The Morgan fingerprint density at radius 3 is 2.43 bits per heavy atom. The molecule has 6 atom stereocenters. The first-order valence-electron chi connectivity index (χ1n) is 13.9. The summed E-state index contributed by atoms with van der Waals surface area (Å²) >= 11 is 0. The minimum Gasteiger partial charge on any atom is -0.393 e. The van der Waals surface area contributed by atoms with Crippen molar-refractivity contribution in [2.24, 2.45) is 17.3 Å². The van der Waals surface area contributed by atoms with E-state index in [2.05, 4.69) is 57.0 Å². The molecular weight excluding hydrogens is 438 g/mol. The lowest BCUT2D eigenvalue weighted by atomic mass is 9.51. The zero-order valence-electron chi connectivity index (χ0n) is 21.9. The number of fused-ring (bicyclic) bond motifs is 4. The summed E-state index contributed by atoms with van der Waals surface area (Å²) in [7, 11) is 2.15. The van der Waals surface area contributed by atoms with Gasteiger partial charge in [-0.3, -0.25) is 0 Å². The molecule has 0 radical (unpaired) electrons. The summed E-state index contributed by atoms with van der Waals surface area (Å²) in [6.45, 7) is 8.02. The van der Waals surface area contributed by atoms with Gasteiger partial charge < -0.3 is 24.6 Å². The van der Waals surface area contributed by atoms with Crippen LogP contribution in [-0.2, 0) is 9.47 Å². The average molecular weight is 482 g/mol. The first kappa shape index (κ1) is 24.0. The van der Waals surface area contributed by atoms with Crippen molar-refractivity contribution in [1.29, 1.82) is 0 Å². The molecule has 4 fully saturated rings. The van der Waals surface area contributed by atoms with Crippen LogP contribution in [0.25, 0.3) is 0 Å². The van der Waals surface area contributed by atoms with Gasteiger partial charge in [-0.25, -0.2) is 0 Å². The number of anilines is 1. The summed E-state index contributed by atoms with van der Waals surface area (Å²) < 4.78 is 12.1. The number of hydrogen-bond acceptors (Lipinski definition) is 5. The highest BCUT2D eigenvalue weighted by Crippen LogP contribution is 2.65. The number of benzene rings is 1. The van der Waals surface area contributed by atoms with E-state index in [4.69, 9.17) is 9.47 Å². The van der Waals surface area contributed by atoms with E-state index in [0.717, 1.165) is 44.9 Å². The zero-order valence-corrected chi connectivity index (χ0v) is 21.9. The number of aliphatic hydroxyl groups excluding tert-OH is 1. The van der Waals surface area contributed by atoms with Crippen molar-refractivity contribution in [2.45, 2.75) is 102 Å². The van der Waals surface area contributed by atoms with Gasteiger partial charge in [0.2, 0.25) is 0 Å². The lowest BCUT2D eigenvalue weighted by molar-refractivity contribution is -0.208. The largest absolute Gasteiger partial charge is 0.393 e. The number of aliphatic hydroxyl groups is 2. The summed E-state index contributed by atoms with van der Waals surface area (Å²) in [5.74, 6) is 0.594. The Balaban J connectivity index is 1.43. The van der Waals surface area contributed by atoms with Crippen LogP contribution >= 0.6 is 0 Å². The molecule has 0 bridgehead atoms. The van der Waals surface area contributed by atoms with E-state index >= 15 is 0 Å². The number of allylic oxidation sites excluding steroid dienone is 1. The van der Waals surface area contributed by atoms with Crippen LogP contribution in [0.15, 0.2) is 35.4 Å². The van der Waals surface area contributed by atoms with E-state index in [1.54, 1.807) is 0 Å². The Morgan fingerprint density at radius 1 is 1.03 bits per heavy atom. The molecule has 35 heavy (non-hydrogen) atoms. The molecule has 1 aromatic rings. The minimum absolute atomic E-state index is 0.0597. The van der Waals surface area contributed by atoms with Gasteiger partial charge in [-0.15, -0.1) is 0 Å². The molecule has 1 saturated heterocycles. The van der Waals surface area contributed by atoms with Crippen LogP contribution in [0.3, 0.4) is 0 Å². The van der Waals surface area contributed by atoms with E-state index < -0.39 is 11.4 Å². The van der Waals surface area contributed by atoms with Crippen LogP contribution in [0, 0.1) is 17.3 Å². The highest BCUT2D eigenvalue weighted by Gasteiger charge is 2.60. The van der Waals surface area contributed by atoms with Crippen LogP contribution in [0.1, 0.15) is 83.6 Å². The monoisotopic (exact) mass is 481 g/mol. The second-order valence-corrected chi connectivity index (χ2v) is 12.7. The molecule has 1 aromatic carbocycles. The Hall–Kier alpha value is -1.40. The van der Waals surface area contributed by atoms with Gasteiger partial charge in [0.05, 0.1) is 24.9 Å². The van der Waals surface area contributed by atoms with Crippen molar-refractivity contribution in [3.63, 3.8) is 0 Å². The molecule has 0 unspecified atom stereocenters. The summed E-state index contributed by atoms with van der Waals surface area (Å²) in [5.41, 5.74) is 4.43. The molecule has 3 saturated carbocycles. The molecule has 1 heterocycles. The van der Waals surface area contributed by atoms with Crippen molar-refractivity contribution >= 4 is 5.69 Å². The quantitative estimate of drug-likeness (QED) is 0.584. The van der Waals surface area contributed by atoms with Gasteiger partial charge in [-0.2, -0.15) is 0 Å². The average Bonchev–Trinajstić information content (AvgIpc) is 3.41. The summed E-state index contributed by atoms with van der Waals surface area (Å²) in [6.07, 6.45) is 6.72. The van der Waals surface area contributed by atoms with Crippen molar-refractivity contribution < 1.29 is 19.7 Å². The Labute approximate surface area is 210 Å². The third kappa shape index (κ3) is 3.64. The van der Waals surface area contributed by atoms with E-state index in [0.29, 0.717) is 37.5 Å². The van der Waals surface area contributed by atoms with Gasteiger partial charge in [-0.05, 0) is 92.9 Å². The van der Waals surface area contributed by atoms with Crippen LogP contribution in [0.2, 0.25) is 0 Å². The van der Waals surface area contributed by atoms with Gasteiger partial charge in [-0.1, -0.05) is 24.6 Å². The molecular formula is C30H43NO4. The highest BCUT2D eigenvalue weighted by molar-refractivity contribution is 5.51. The normalized spacial score (nSPS) is 40.1. The molecule has 0 amide bonds. The molecule has 5 heteroatoms. The second-order valence-electron chi connectivity index (χ2n) is 12.7. The minimum atomic E-state index is -0.838. The van der Waals surface area contributed by atoms with E-state index in [9.17, 15) is 10.2 Å². The number of nitrogens with zero attached hydrogens (tertiary/aromatic N) is 1. The smallest absolute Gasteiger partial charge is 0.171 e. The van der Waals surface area contributed by atoms with Gasteiger partial charge in [0.15, 0.2) is 5.79 Å². The van der Waals surface area contributed by atoms with E-state index in [1.807, 2.05) is 0 Å². The SMILES string of the molecule is CC(C)N(C)c1ccc([C@H]2C[C@]3(C)[C@@H](O)CC[C@H]3[C@@H]3CC[C@@]4(O)CC5(CCC4=C32)OCCO5)cc1. The number of ether oxygens (including phenoxy) is 2. The van der Waals surface area contributed by atoms with Gasteiger partial charge in [0, 0.05) is 37.5 Å².